The van der Waals surface area contributed by atoms with Crippen molar-refractivity contribution in [3.05, 3.63) is 99.0 Å². The molecule has 1 heterocycles. The molecule has 0 aromatic heterocycles. The normalized spacial score (nSPS) is 21.3. The van der Waals surface area contributed by atoms with Crippen LogP contribution in [0.3, 0.4) is 0 Å². The van der Waals surface area contributed by atoms with Gasteiger partial charge in [0.25, 0.3) is 0 Å². The maximum atomic E-state index is 15.7. The lowest BCUT2D eigenvalue weighted by atomic mass is 9.63. The number of aryl methyl sites for hydroxylation is 1. The van der Waals surface area contributed by atoms with Gasteiger partial charge in [-0.15, -0.1) is 0 Å². The van der Waals surface area contributed by atoms with E-state index in [1.165, 1.54) is 23.1 Å². The Labute approximate surface area is 232 Å². The van der Waals surface area contributed by atoms with E-state index in [1.807, 2.05) is 20.8 Å². The number of nitriles is 1. The number of carbonyl (C=O) groups excluding carboxylic acids is 1. The molecule has 1 saturated heterocycles. The third kappa shape index (κ3) is 5.23. The number of hydrogen-bond acceptors (Lipinski definition) is 2. The van der Waals surface area contributed by atoms with Crippen LogP contribution in [-0.2, 0) is 5.41 Å². The van der Waals surface area contributed by atoms with Gasteiger partial charge in [0.2, 0.25) is 0 Å². The van der Waals surface area contributed by atoms with E-state index in [4.69, 9.17) is 23.2 Å². The summed E-state index contributed by atoms with van der Waals surface area (Å²) in [5.74, 6) is -1.83. The SMILES string of the molecule is Cc1ccc(C2(C#N)[C@H](CC(C)(C)C)CN(C(=O)Nc3ccc(Cl)cc3)[C@@H]2c2cccc(Cl)c2F)c(F)c1. The first kappa shape index (κ1) is 27.9. The predicted octanol–water partition coefficient (Wildman–Crippen LogP) is 8.68. The molecule has 1 aliphatic heterocycles. The van der Waals surface area contributed by atoms with Crippen LogP contribution in [0.4, 0.5) is 19.3 Å². The molecule has 1 aliphatic rings. The van der Waals surface area contributed by atoms with Gasteiger partial charge in [-0.1, -0.05) is 68.2 Å². The van der Waals surface area contributed by atoms with Crippen LogP contribution >= 0.6 is 23.2 Å². The van der Waals surface area contributed by atoms with E-state index in [9.17, 15) is 10.1 Å². The highest BCUT2D eigenvalue weighted by Gasteiger charge is 2.60. The van der Waals surface area contributed by atoms with E-state index in [0.29, 0.717) is 22.7 Å². The van der Waals surface area contributed by atoms with Gasteiger partial charge in [-0.3, -0.25) is 0 Å². The van der Waals surface area contributed by atoms with Gasteiger partial charge in [0.05, 0.1) is 17.1 Å². The van der Waals surface area contributed by atoms with Crippen molar-refractivity contribution >= 4 is 34.9 Å². The number of urea groups is 1. The monoisotopic (exact) mass is 555 g/mol. The summed E-state index contributed by atoms with van der Waals surface area (Å²) in [5.41, 5.74) is -0.504. The quantitative estimate of drug-likeness (QED) is 0.350. The molecule has 1 fully saturated rings. The number of halogens is 4. The number of anilines is 1. The Kier molecular flexibility index (Phi) is 7.74. The summed E-state index contributed by atoms with van der Waals surface area (Å²) in [5, 5.41) is 14.1. The number of amides is 2. The lowest BCUT2D eigenvalue weighted by Crippen LogP contribution is -2.42. The van der Waals surface area contributed by atoms with E-state index >= 15 is 8.78 Å². The number of rotatable bonds is 4. The van der Waals surface area contributed by atoms with Gasteiger partial charge in [-0.25, -0.2) is 13.6 Å². The van der Waals surface area contributed by atoms with Crippen LogP contribution in [0.5, 0.6) is 0 Å². The number of carbonyl (C=O) groups is 1. The largest absolute Gasteiger partial charge is 0.322 e. The van der Waals surface area contributed by atoms with E-state index in [0.717, 1.165) is 0 Å². The molecule has 1 N–H and O–H groups in total. The third-order valence-corrected chi connectivity index (χ3v) is 7.59. The van der Waals surface area contributed by atoms with Gasteiger partial charge in [0.1, 0.15) is 17.0 Å². The first-order chi connectivity index (χ1) is 17.9. The average Bonchev–Trinajstić information content (AvgIpc) is 3.15. The molecular weight excluding hydrogens is 527 g/mol. The van der Waals surface area contributed by atoms with Gasteiger partial charge in [0.15, 0.2) is 0 Å². The Hall–Kier alpha value is -3.14. The zero-order chi connectivity index (χ0) is 27.8. The van der Waals surface area contributed by atoms with Crippen molar-refractivity contribution < 1.29 is 13.6 Å². The van der Waals surface area contributed by atoms with Gasteiger partial charge >= 0.3 is 6.03 Å². The molecule has 0 aliphatic carbocycles. The molecule has 8 heteroatoms. The Morgan fingerprint density at radius 3 is 2.42 bits per heavy atom. The third-order valence-electron chi connectivity index (χ3n) is 7.05. The molecule has 3 aromatic carbocycles. The van der Waals surface area contributed by atoms with E-state index in [-0.39, 0.29) is 28.1 Å². The first-order valence-corrected chi connectivity index (χ1v) is 13.1. The number of nitrogens with zero attached hydrogens (tertiary/aromatic N) is 2. The highest BCUT2D eigenvalue weighted by atomic mass is 35.5. The van der Waals surface area contributed by atoms with Crippen LogP contribution in [-0.4, -0.2) is 17.5 Å². The molecule has 1 unspecified atom stereocenters. The summed E-state index contributed by atoms with van der Waals surface area (Å²) < 4.78 is 31.4. The molecule has 3 aromatic rings. The fourth-order valence-electron chi connectivity index (χ4n) is 5.53. The Morgan fingerprint density at radius 2 is 1.82 bits per heavy atom. The van der Waals surface area contributed by atoms with E-state index < -0.39 is 35.0 Å². The Morgan fingerprint density at radius 1 is 1.13 bits per heavy atom. The Balaban J connectivity index is 1.96. The van der Waals surface area contributed by atoms with E-state index in [2.05, 4.69) is 11.4 Å². The molecule has 3 atom stereocenters. The second-order valence-corrected chi connectivity index (χ2v) is 11.9. The minimum atomic E-state index is -1.59. The smallest absolute Gasteiger partial charge is 0.315 e. The van der Waals surface area contributed by atoms with Crippen LogP contribution in [0.15, 0.2) is 60.7 Å². The fourth-order valence-corrected chi connectivity index (χ4v) is 5.84. The zero-order valence-corrected chi connectivity index (χ0v) is 23.2. The highest BCUT2D eigenvalue weighted by molar-refractivity contribution is 6.31. The number of nitrogens with one attached hydrogen (secondary N) is 1. The number of benzene rings is 3. The molecule has 4 rings (SSSR count). The topological polar surface area (TPSA) is 56.1 Å². The molecule has 0 bridgehead atoms. The van der Waals surface area contributed by atoms with Crippen LogP contribution in [0, 0.1) is 41.2 Å². The van der Waals surface area contributed by atoms with Crippen molar-refractivity contribution in [3.63, 3.8) is 0 Å². The van der Waals surface area contributed by atoms with Gasteiger partial charge in [0, 0.05) is 34.3 Å². The lowest BCUT2D eigenvalue weighted by molar-refractivity contribution is 0.198. The molecule has 38 heavy (non-hydrogen) atoms. The zero-order valence-electron chi connectivity index (χ0n) is 21.7. The van der Waals surface area contributed by atoms with Crippen LogP contribution < -0.4 is 5.32 Å². The van der Waals surface area contributed by atoms with Crippen molar-refractivity contribution in [2.24, 2.45) is 11.3 Å². The summed E-state index contributed by atoms with van der Waals surface area (Å²) in [6.45, 7) is 7.92. The van der Waals surface area contributed by atoms with E-state index in [1.54, 1.807) is 49.4 Å². The number of likely N-dealkylation sites (tertiary alicyclic amines) is 1. The summed E-state index contributed by atoms with van der Waals surface area (Å²) in [4.78, 5) is 15.2. The minimum absolute atomic E-state index is 0.0571. The maximum Gasteiger partial charge on any atom is 0.322 e. The summed E-state index contributed by atoms with van der Waals surface area (Å²) in [6, 6.07) is 16.4. The maximum absolute atomic E-state index is 15.7. The van der Waals surface area contributed by atoms with Crippen LogP contribution in [0.2, 0.25) is 10.0 Å². The average molecular weight is 556 g/mol. The van der Waals surface area contributed by atoms with Crippen LogP contribution in [0.25, 0.3) is 0 Å². The summed E-state index contributed by atoms with van der Waals surface area (Å²) in [7, 11) is 0. The predicted molar refractivity (Wildman–Crippen MR) is 147 cm³/mol. The van der Waals surface area contributed by atoms with Crippen molar-refractivity contribution in [3.8, 4) is 6.07 Å². The second-order valence-electron chi connectivity index (χ2n) is 11.1. The highest BCUT2D eigenvalue weighted by Crippen LogP contribution is 2.56. The first-order valence-electron chi connectivity index (χ1n) is 12.3. The Bertz CT molecular complexity index is 1400. The van der Waals surface area contributed by atoms with Gasteiger partial charge < -0.3 is 10.2 Å². The standard InChI is InChI=1S/C30H29Cl2F2N3O/c1-18-8-13-23(25(33)14-18)30(17-35)19(15-29(2,3)4)16-37(27(30)22-6-5-7-24(32)26(22)34)28(38)36-21-11-9-20(31)10-12-21/h5-14,19,27H,15-16H2,1-4H3,(H,36,38)/t19-,27-,30?/m1/s1. The second kappa shape index (κ2) is 10.6. The number of hydrogen-bond donors (Lipinski definition) is 1. The molecule has 0 saturated carbocycles. The van der Waals surface area contributed by atoms with Gasteiger partial charge in [-0.05, 0) is 60.7 Å². The molecule has 198 valence electrons. The van der Waals surface area contributed by atoms with Crippen LogP contribution in [0.1, 0.15) is 49.9 Å². The summed E-state index contributed by atoms with van der Waals surface area (Å²) in [6.07, 6.45) is 0.483. The minimum Gasteiger partial charge on any atom is -0.315 e. The molecule has 2 amide bonds. The molecule has 4 nitrogen and oxygen atoms in total. The van der Waals surface area contributed by atoms with Crippen molar-refractivity contribution in [2.45, 2.75) is 45.6 Å². The molecule has 0 spiro atoms. The lowest BCUT2D eigenvalue weighted by Gasteiger charge is -2.38. The van der Waals surface area contributed by atoms with Crippen molar-refractivity contribution in [1.82, 2.24) is 4.90 Å². The molecule has 0 radical (unpaired) electrons. The fraction of sp³-hybridized carbons (Fsp3) is 0.333. The van der Waals surface area contributed by atoms with Crippen molar-refractivity contribution in [1.29, 1.82) is 5.26 Å². The van der Waals surface area contributed by atoms with Crippen molar-refractivity contribution in [2.75, 3.05) is 11.9 Å². The molecular formula is C30H29Cl2F2N3O. The van der Waals surface area contributed by atoms with Gasteiger partial charge in [-0.2, -0.15) is 5.26 Å². The summed E-state index contributed by atoms with van der Waals surface area (Å²) >= 11 is 12.2.